The van der Waals surface area contributed by atoms with E-state index in [2.05, 4.69) is 23.3 Å². The van der Waals surface area contributed by atoms with Gasteiger partial charge in [-0.25, -0.2) is 0 Å². The molecule has 0 N–H and O–H groups in total. The molecule has 3 rings (SSSR count). The van der Waals surface area contributed by atoms with Crippen LogP contribution in [0.4, 0.5) is 0 Å². The molecule has 0 spiro atoms. The summed E-state index contributed by atoms with van der Waals surface area (Å²) in [7, 11) is 1.99. The minimum atomic E-state index is 0.433. The van der Waals surface area contributed by atoms with Gasteiger partial charge in [0.1, 0.15) is 5.78 Å². The van der Waals surface area contributed by atoms with Gasteiger partial charge in [-0.1, -0.05) is 24.6 Å². The molecule has 1 aliphatic rings. The fraction of sp³-hybridized carbons (Fsp3) is 0.500. The van der Waals surface area contributed by atoms with Crippen molar-refractivity contribution in [1.82, 2.24) is 9.78 Å². The van der Waals surface area contributed by atoms with Crippen molar-refractivity contribution in [1.29, 1.82) is 0 Å². The first-order valence-electron chi connectivity index (χ1n) is 7.16. The zero-order valence-corrected chi connectivity index (χ0v) is 11.4. The molecule has 1 heterocycles. The van der Waals surface area contributed by atoms with Crippen LogP contribution in [0.1, 0.15) is 37.8 Å². The summed E-state index contributed by atoms with van der Waals surface area (Å²) >= 11 is 0. The number of carbonyl (C=O) groups excluding carboxylic acids is 1. The van der Waals surface area contributed by atoms with E-state index in [0.717, 1.165) is 37.8 Å². The van der Waals surface area contributed by atoms with Crippen molar-refractivity contribution in [3.8, 4) is 0 Å². The van der Waals surface area contributed by atoms with Gasteiger partial charge >= 0.3 is 0 Å². The highest BCUT2D eigenvalue weighted by Crippen LogP contribution is 2.27. The number of carbonyl (C=O) groups is 1. The maximum atomic E-state index is 11.7. The number of nitrogens with zero attached hydrogens (tertiary/aromatic N) is 2. The van der Waals surface area contributed by atoms with Crippen molar-refractivity contribution in [3.05, 3.63) is 30.0 Å². The third-order valence-electron chi connectivity index (χ3n) is 4.15. The van der Waals surface area contributed by atoms with Crippen LogP contribution < -0.4 is 0 Å². The van der Waals surface area contributed by atoms with Gasteiger partial charge in [0.25, 0.3) is 0 Å². The van der Waals surface area contributed by atoms with Crippen molar-refractivity contribution >= 4 is 16.7 Å². The van der Waals surface area contributed by atoms with E-state index in [-0.39, 0.29) is 0 Å². The molecule has 3 nitrogen and oxygen atoms in total. The van der Waals surface area contributed by atoms with Gasteiger partial charge in [-0.05, 0) is 31.2 Å². The molecular formula is C16H20N2O. The van der Waals surface area contributed by atoms with Crippen LogP contribution in [0.15, 0.2) is 24.3 Å². The van der Waals surface area contributed by atoms with Crippen LogP contribution >= 0.6 is 0 Å². The van der Waals surface area contributed by atoms with Crippen LogP contribution in [0.2, 0.25) is 0 Å². The number of benzene rings is 1. The Morgan fingerprint density at radius 1 is 1.32 bits per heavy atom. The second-order valence-corrected chi connectivity index (χ2v) is 5.65. The van der Waals surface area contributed by atoms with E-state index < -0.39 is 0 Å². The summed E-state index contributed by atoms with van der Waals surface area (Å²) in [6, 6.07) is 8.34. The quantitative estimate of drug-likeness (QED) is 0.773. The summed E-state index contributed by atoms with van der Waals surface area (Å²) in [6.07, 6.45) is 5.87. The maximum absolute atomic E-state index is 11.7. The molecule has 1 saturated carbocycles. The molecule has 3 heteroatoms. The van der Waals surface area contributed by atoms with Crippen molar-refractivity contribution in [2.24, 2.45) is 13.0 Å². The van der Waals surface area contributed by atoms with Crippen molar-refractivity contribution in [2.75, 3.05) is 0 Å². The molecule has 0 radical (unpaired) electrons. The Morgan fingerprint density at radius 3 is 3.05 bits per heavy atom. The number of hydrogen-bond donors (Lipinski definition) is 0. The number of aromatic nitrogens is 2. The summed E-state index contributed by atoms with van der Waals surface area (Å²) in [5.74, 6) is 0.913. The highest BCUT2D eigenvalue weighted by atomic mass is 16.1. The van der Waals surface area contributed by atoms with Crippen LogP contribution in [0.3, 0.4) is 0 Å². The molecular weight excluding hydrogens is 236 g/mol. The summed E-state index contributed by atoms with van der Waals surface area (Å²) in [4.78, 5) is 11.7. The van der Waals surface area contributed by atoms with E-state index >= 15 is 0 Å². The fourth-order valence-electron chi connectivity index (χ4n) is 3.17. The molecule has 0 aliphatic heterocycles. The zero-order chi connectivity index (χ0) is 13.2. The smallest absolute Gasteiger partial charge is 0.133 e. The predicted octanol–water partition coefficient (Wildman–Crippen LogP) is 3.27. The average molecular weight is 256 g/mol. The molecule has 1 aromatic heterocycles. The van der Waals surface area contributed by atoms with Gasteiger partial charge in [-0.15, -0.1) is 0 Å². The Balaban J connectivity index is 1.86. The molecule has 1 atom stereocenters. The monoisotopic (exact) mass is 256 g/mol. The second-order valence-electron chi connectivity index (χ2n) is 5.65. The largest absolute Gasteiger partial charge is 0.300 e. The molecule has 0 saturated heterocycles. The Kier molecular flexibility index (Phi) is 3.36. The summed E-state index contributed by atoms with van der Waals surface area (Å²) in [5, 5.41) is 5.88. The SMILES string of the molecule is Cn1nc(CC2CCCCC(=O)C2)c2ccccc21. The van der Waals surface area contributed by atoms with Gasteiger partial charge in [0, 0.05) is 25.3 Å². The molecule has 19 heavy (non-hydrogen) atoms. The Hall–Kier alpha value is -1.64. The predicted molar refractivity (Wildman–Crippen MR) is 76.0 cm³/mol. The number of para-hydroxylation sites is 1. The van der Waals surface area contributed by atoms with Gasteiger partial charge in [-0.3, -0.25) is 9.48 Å². The first kappa shape index (κ1) is 12.4. The van der Waals surface area contributed by atoms with Gasteiger partial charge < -0.3 is 0 Å². The number of Topliss-reactive ketones (excluding diaryl/α,β-unsaturated/α-hetero) is 1. The lowest BCUT2D eigenvalue weighted by Gasteiger charge is -2.11. The lowest BCUT2D eigenvalue weighted by molar-refractivity contribution is -0.119. The standard InChI is InChI=1S/C16H20N2O/c1-18-16-9-5-4-8-14(16)15(17-18)11-12-6-2-3-7-13(19)10-12/h4-5,8-9,12H,2-3,6-7,10-11H2,1H3. The fourth-order valence-corrected chi connectivity index (χ4v) is 3.17. The van der Waals surface area contributed by atoms with E-state index in [1.54, 1.807) is 0 Å². The number of ketones is 1. The van der Waals surface area contributed by atoms with E-state index in [9.17, 15) is 4.79 Å². The van der Waals surface area contributed by atoms with Gasteiger partial charge in [0.05, 0.1) is 11.2 Å². The van der Waals surface area contributed by atoms with E-state index in [4.69, 9.17) is 0 Å². The second kappa shape index (κ2) is 5.16. The lowest BCUT2D eigenvalue weighted by atomic mass is 9.93. The minimum Gasteiger partial charge on any atom is -0.300 e. The maximum Gasteiger partial charge on any atom is 0.133 e. The van der Waals surface area contributed by atoms with Crippen molar-refractivity contribution in [3.63, 3.8) is 0 Å². The van der Waals surface area contributed by atoms with Crippen molar-refractivity contribution < 1.29 is 4.79 Å². The number of rotatable bonds is 2. The molecule has 100 valence electrons. The molecule has 1 unspecified atom stereocenters. The zero-order valence-electron chi connectivity index (χ0n) is 11.4. The first-order valence-corrected chi connectivity index (χ1v) is 7.16. The van der Waals surface area contributed by atoms with Crippen LogP contribution in [0.5, 0.6) is 0 Å². The third-order valence-corrected chi connectivity index (χ3v) is 4.15. The molecule has 0 amide bonds. The summed E-state index contributed by atoms with van der Waals surface area (Å²) in [6.45, 7) is 0. The molecule has 2 aromatic rings. The molecule has 1 aliphatic carbocycles. The van der Waals surface area contributed by atoms with Gasteiger partial charge in [-0.2, -0.15) is 5.10 Å². The number of hydrogen-bond acceptors (Lipinski definition) is 2. The Morgan fingerprint density at radius 2 is 2.16 bits per heavy atom. The summed E-state index contributed by atoms with van der Waals surface area (Å²) < 4.78 is 1.95. The van der Waals surface area contributed by atoms with Gasteiger partial charge in [0.15, 0.2) is 0 Å². The van der Waals surface area contributed by atoms with Crippen LogP contribution in [-0.2, 0) is 18.3 Å². The highest BCUT2D eigenvalue weighted by Gasteiger charge is 2.20. The topological polar surface area (TPSA) is 34.9 Å². The van der Waals surface area contributed by atoms with E-state index in [0.29, 0.717) is 11.7 Å². The molecule has 1 fully saturated rings. The van der Waals surface area contributed by atoms with E-state index in [1.165, 1.54) is 17.3 Å². The highest BCUT2D eigenvalue weighted by molar-refractivity contribution is 5.82. The normalized spacial score (nSPS) is 20.7. The molecule has 1 aromatic carbocycles. The molecule has 0 bridgehead atoms. The van der Waals surface area contributed by atoms with Crippen molar-refractivity contribution in [2.45, 2.75) is 38.5 Å². The Labute approximate surface area is 113 Å². The first-order chi connectivity index (χ1) is 9.24. The van der Waals surface area contributed by atoms with Crippen LogP contribution in [-0.4, -0.2) is 15.6 Å². The van der Waals surface area contributed by atoms with Crippen LogP contribution in [0.25, 0.3) is 10.9 Å². The van der Waals surface area contributed by atoms with Crippen LogP contribution in [0, 0.1) is 5.92 Å². The average Bonchev–Trinajstić information content (AvgIpc) is 2.58. The van der Waals surface area contributed by atoms with Gasteiger partial charge in [0.2, 0.25) is 0 Å². The lowest BCUT2D eigenvalue weighted by Crippen LogP contribution is -2.09. The number of aryl methyl sites for hydroxylation is 1. The number of fused-ring (bicyclic) bond motifs is 1. The van der Waals surface area contributed by atoms with E-state index in [1.807, 2.05) is 17.8 Å². The summed E-state index contributed by atoms with van der Waals surface area (Å²) in [5.41, 5.74) is 2.33. The third kappa shape index (κ3) is 2.55. The minimum absolute atomic E-state index is 0.433. The Bertz CT molecular complexity index is 600.